The molecule has 0 bridgehead atoms. The van der Waals surface area contributed by atoms with Gasteiger partial charge >= 0.3 is 0 Å². The molecule has 0 aromatic carbocycles. The highest BCUT2D eigenvalue weighted by atomic mass is 35.5. The summed E-state index contributed by atoms with van der Waals surface area (Å²) < 4.78 is 5.34. The highest BCUT2D eigenvalue weighted by molar-refractivity contribution is 6.29. The van der Waals surface area contributed by atoms with Crippen LogP contribution in [0.1, 0.15) is 26.1 Å². The fourth-order valence-electron chi connectivity index (χ4n) is 2.56. The lowest BCUT2D eigenvalue weighted by Gasteiger charge is -2.35. The minimum absolute atomic E-state index is 0.398. The van der Waals surface area contributed by atoms with Crippen LogP contribution in [-0.4, -0.2) is 47.7 Å². The Balaban J connectivity index is 2.03. The Labute approximate surface area is 125 Å². The lowest BCUT2D eigenvalue weighted by molar-refractivity contribution is 0.128. The molecule has 2 rings (SSSR count). The molecule has 0 aliphatic carbocycles. The first-order chi connectivity index (χ1) is 9.58. The third-order valence-electron chi connectivity index (χ3n) is 3.62. The van der Waals surface area contributed by atoms with Gasteiger partial charge in [0.05, 0.1) is 0 Å². The van der Waals surface area contributed by atoms with Gasteiger partial charge in [0.25, 0.3) is 0 Å². The van der Waals surface area contributed by atoms with E-state index < -0.39 is 0 Å². The third-order valence-corrected chi connectivity index (χ3v) is 3.81. The van der Waals surface area contributed by atoms with Gasteiger partial charge in [0, 0.05) is 25.3 Å². The molecule has 1 aromatic heterocycles. The minimum atomic E-state index is 0.398. The average Bonchev–Trinajstić information content (AvgIpc) is 2.39. The highest BCUT2D eigenvalue weighted by Gasteiger charge is 2.24. The van der Waals surface area contributed by atoms with E-state index >= 15 is 0 Å². The van der Waals surface area contributed by atoms with E-state index in [0.717, 1.165) is 25.3 Å². The van der Waals surface area contributed by atoms with Gasteiger partial charge in [-0.2, -0.15) is 0 Å². The summed E-state index contributed by atoms with van der Waals surface area (Å²) in [6, 6.07) is 2.21. The molecule has 112 valence electrons. The summed E-state index contributed by atoms with van der Waals surface area (Å²) in [5, 5.41) is 3.95. The standard InChI is InChI=1S/C14H23ClN4O/c1-4-20-9-14-17-12(15)7-13(18-14)16-11-5-6-19(3)8-10(11)2/h7,10-11H,4-6,8-9H2,1-3H3,(H,16,17,18). The van der Waals surface area contributed by atoms with Crippen LogP contribution in [0.4, 0.5) is 5.82 Å². The lowest BCUT2D eigenvalue weighted by Crippen LogP contribution is -2.43. The van der Waals surface area contributed by atoms with E-state index in [1.807, 2.05) is 6.92 Å². The molecule has 0 radical (unpaired) electrons. The fraction of sp³-hybridized carbons (Fsp3) is 0.714. The van der Waals surface area contributed by atoms with Crippen molar-refractivity contribution in [1.82, 2.24) is 14.9 Å². The summed E-state index contributed by atoms with van der Waals surface area (Å²) in [6.45, 7) is 7.45. The number of nitrogens with zero attached hydrogens (tertiary/aromatic N) is 3. The van der Waals surface area contributed by atoms with Crippen molar-refractivity contribution in [1.29, 1.82) is 0 Å². The molecule has 0 saturated carbocycles. The van der Waals surface area contributed by atoms with Gasteiger partial charge < -0.3 is 15.0 Å². The number of anilines is 1. The molecule has 6 heteroatoms. The van der Waals surface area contributed by atoms with E-state index in [1.54, 1.807) is 6.07 Å². The molecule has 2 atom stereocenters. The monoisotopic (exact) mass is 298 g/mol. The highest BCUT2D eigenvalue weighted by Crippen LogP contribution is 2.21. The van der Waals surface area contributed by atoms with E-state index in [-0.39, 0.29) is 0 Å². The van der Waals surface area contributed by atoms with Crippen LogP contribution in [0.2, 0.25) is 5.15 Å². The number of ether oxygens (including phenoxy) is 1. The number of halogens is 1. The van der Waals surface area contributed by atoms with E-state index in [9.17, 15) is 0 Å². The van der Waals surface area contributed by atoms with Crippen molar-refractivity contribution in [2.24, 2.45) is 5.92 Å². The fourth-order valence-corrected chi connectivity index (χ4v) is 2.76. The Hall–Kier alpha value is -0.910. The summed E-state index contributed by atoms with van der Waals surface area (Å²) in [4.78, 5) is 11.0. The van der Waals surface area contributed by atoms with Gasteiger partial charge in [-0.15, -0.1) is 0 Å². The Bertz CT molecular complexity index is 443. The van der Waals surface area contributed by atoms with E-state index in [2.05, 4.69) is 34.2 Å². The molecule has 1 fully saturated rings. The Morgan fingerprint density at radius 2 is 2.30 bits per heavy atom. The van der Waals surface area contributed by atoms with Gasteiger partial charge in [-0.05, 0) is 32.9 Å². The number of hydrogen-bond acceptors (Lipinski definition) is 5. The summed E-state index contributed by atoms with van der Waals surface area (Å²) in [5.41, 5.74) is 0. The zero-order valence-corrected chi connectivity index (χ0v) is 13.2. The molecule has 5 nitrogen and oxygen atoms in total. The molecular weight excluding hydrogens is 276 g/mol. The van der Waals surface area contributed by atoms with Crippen LogP contribution in [0.3, 0.4) is 0 Å². The number of piperidine rings is 1. The smallest absolute Gasteiger partial charge is 0.158 e. The number of aromatic nitrogens is 2. The van der Waals surface area contributed by atoms with Crippen molar-refractivity contribution in [2.75, 3.05) is 32.1 Å². The second kappa shape index (κ2) is 7.20. The van der Waals surface area contributed by atoms with E-state index in [4.69, 9.17) is 16.3 Å². The van der Waals surface area contributed by atoms with Crippen LogP contribution >= 0.6 is 11.6 Å². The molecule has 2 unspecified atom stereocenters. The molecule has 2 heterocycles. The van der Waals surface area contributed by atoms with Crippen LogP contribution < -0.4 is 5.32 Å². The lowest BCUT2D eigenvalue weighted by atomic mass is 9.94. The van der Waals surface area contributed by atoms with E-state index in [0.29, 0.717) is 36.2 Å². The van der Waals surface area contributed by atoms with Gasteiger partial charge in [0.2, 0.25) is 0 Å². The van der Waals surface area contributed by atoms with E-state index in [1.165, 1.54) is 0 Å². The maximum atomic E-state index is 6.05. The summed E-state index contributed by atoms with van der Waals surface area (Å²) >= 11 is 6.05. The van der Waals surface area contributed by atoms with Crippen LogP contribution in [0, 0.1) is 5.92 Å². The van der Waals surface area contributed by atoms with Gasteiger partial charge in [-0.3, -0.25) is 0 Å². The van der Waals surface area contributed by atoms with Crippen molar-refractivity contribution >= 4 is 17.4 Å². The quantitative estimate of drug-likeness (QED) is 0.846. The Morgan fingerprint density at radius 3 is 3.00 bits per heavy atom. The van der Waals surface area contributed by atoms with Crippen molar-refractivity contribution in [3.8, 4) is 0 Å². The van der Waals surface area contributed by atoms with Crippen LogP contribution in [-0.2, 0) is 11.3 Å². The molecular formula is C14H23ClN4O. The van der Waals surface area contributed by atoms with Crippen molar-refractivity contribution in [3.05, 3.63) is 17.0 Å². The Kier molecular flexibility index (Phi) is 5.57. The maximum Gasteiger partial charge on any atom is 0.158 e. The van der Waals surface area contributed by atoms with Crippen LogP contribution in [0.15, 0.2) is 6.07 Å². The largest absolute Gasteiger partial charge is 0.374 e. The molecule has 1 aliphatic rings. The first-order valence-electron chi connectivity index (χ1n) is 7.14. The van der Waals surface area contributed by atoms with Gasteiger partial charge in [-0.1, -0.05) is 18.5 Å². The average molecular weight is 299 g/mol. The normalized spacial score (nSPS) is 23.8. The predicted molar refractivity (Wildman–Crippen MR) is 81.1 cm³/mol. The molecule has 1 saturated heterocycles. The second-order valence-electron chi connectivity index (χ2n) is 5.41. The molecule has 1 aromatic rings. The zero-order valence-electron chi connectivity index (χ0n) is 12.4. The van der Waals surface area contributed by atoms with Crippen molar-refractivity contribution in [2.45, 2.75) is 32.9 Å². The summed E-state index contributed by atoms with van der Waals surface area (Å²) in [5.74, 6) is 2.00. The molecule has 0 amide bonds. The van der Waals surface area contributed by atoms with Crippen molar-refractivity contribution < 1.29 is 4.74 Å². The van der Waals surface area contributed by atoms with Crippen LogP contribution in [0.5, 0.6) is 0 Å². The number of likely N-dealkylation sites (tertiary alicyclic amines) is 1. The topological polar surface area (TPSA) is 50.3 Å². The first-order valence-corrected chi connectivity index (χ1v) is 7.52. The molecule has 1 N–H and O–H groups in total. The van der Waals surface area contributed by atoms with Gasteiger partial charge in [0.15, 0.2) is 5.82 Å². The SMILES string of the molecule is CCOCc1nc(Cl)cc(NC2CCN(C)CC2C)n1. The number of nitrogens with one attached hydrogen (secondary N) is 1. The van der Waals surface area contributed by atoms with Gasteiger partial charge in [-0.25, -0.2) is 9.97 Å². The molecule has 0 spiro atoms. The second-order valence-corrected chi connectivity index (χ2v) is 5.80. The van der Waals surface area contributed by atoms with Crippen molar-refractivity contribution in [3.63, 3.8) is 0 Å². The van der Waals surface area contributed by atoms with Gasteiger partial charge in [0.1, 0.15) is 17.6 Å². The summed E-state index contributed by atoms with van der Waals surface area (Å²) in [7, 11) is 2.16. The maximum absolute atomic E-state index is 6.05. The first kappa shape index (κ1) is 15.5. The minimum Gasteiger partial charge on any atom is -0.374 e. The molecule has 1 aliphatic heterocycles. The Morgan fingerprint density at radius 1 is 1.50 bits per heavy atom. The number of rotatable bonds is 5. The third kappa shape index (κ3) is 4.30. The number of hydrogen-bond donors (Lipinski definition) is 1. The predicted octanol–water partition coefficient (Wildman–Crippen LogP) is 2.42. The summed E-state index contributed by atoms with van der Waals surface area (Å²) in [6.07, 6.45) is 1.11. The molecule has 20 heavy (non-hydrogen) atoms. The van der Waals surface area contributed by atoms with Crippen LogP contribution in [0.25, 0.3) is 0 Å². The zero-order chi connectivity index (χ0) is 14.5.